The molecule has 1 heterocycles. The Morgan fingerprint density at radius 3 is 2.73 bits per heavy atom. The lowest BCUT2D eigenvalue weighted by atomic mass is 10.00. The van der Waals surface area contributed by atoms with E-state index in [0.717, 1.165) is 11.1 Å². The molecule has 2 rings (SSSR count). The molecule has 5 heteroatoms. The van der Waals surface area contributed by atoms with Gasteiger partial charge in [0.25, 0.3) is 0 Å². The van der Waals surface area contributed by atoms with Crippen molar-refractivity contribution in [3.05, 3.63) is 34.9 Å². The van der Waals surface area contributed by atoms with Crippen molar-refractivity contribution in [3.63, 3.8) is 0 Å². The minimum atomic E-state index is -0.666. The molecule has 0 unspecified atom stereocenters. The van der Waals surface area contributed by atoms with Crippen LogP contribution >= 0.6 is 0 Å². The van der Waals surface area contributed by atoms with Gasteiger partial charge in [-0.05, 0) is 37.0 Å². The maximum atomic E-state index is 12.2. The summed E-state index contributed by atoms with van der Waals surface area (Å²) in [6.45, 7) is 5.08. The molecule has 1 fully saturated rings. The monoisotopic (exact) mass is 305 g/mol. The van der Waals surface area contributed by atoms with Gasteiger partial charge in [-0.1, -0.05) is 18.2 Å². The Kier molecular flexibility index (Phi) is 5.55. The van der Waals surface area contributed by atoms with Crippen molar-refractivity contribution in [2.45, 2.75) is 32.7 Å². The first-order chi connectivity index (χ1) is 10.5. The number of amides is 1. The van der Waals surface area contributed by atoms with Crippen LogP contribution < -0.4 is 5.32 Å². The van der Waals surface area contributed by atoms with E-state index in [1.54, 1.807) is 0 Å². The van der Waals surface area contributed by atoms with Crippen LogP contribution in [0.3, 0.4) is 0 Å². The van der Waals surface area contributed by atoms with Gasteiger partial charge in [0.05, 0.1) is 19.6 Å². The van der Waals surface area contributed by atoms with E-state index in [4.69, 9.17) is 9.47 Å². The number of hydrogen-bond acceptors (Lipinski definition) is 4. The second-order valence-corrected chi connectivity index (χ2v) is 5.77. The van der Waals surface area contributed by atoms with Gasteiger partial charge in [-0.25, -0.2) is 4.79 Å². The van der Waals surface area contributed by atoms with Crippen molar-refractivity contribution in [2.75, 3.05) is 20.3 Å². The van der Waals surface area contributed by atoms with E-state index in [1.807, 2.05) is 32.0 Å². The molecule has 1 aliphatic rings. The highest BCUT2D eigenvalue weighted by Crippen LogP contribution is 2.15. The molecule has 1 saturated heterocycles. The highest BCUT2D eigenvalue weighted by molar-refractivity contribution is 5.86. The topological polar surface area (TPSA) is 64.6 Å². The predicted octanol–water partition coefficient (Wildman–Crippen LogP) is 1.54. The molecule has 1 aromatic carbocycles. The van der Waals surface area contributed by atoms with Crippen LogP contribution in [0.15, 0.2) is 18.2 Å². The Hall–Kier alpha value is -1.88. The van der Waals surface area contributed by atoms with E-state index in [-0.39, 0.29) is 11.8 Å². The summed E-state index contributed by atoms with van der Waals surface area (Å²) in [5, 5.41) is 2.80. The average molecular weight is 305 g/mol. The second kappa shape index (κ2) is 7.40. The fourth-order valence-corrected chi connectivity index (χ4v) is 2.53. The molecule has 0 saturated carbocycles. The van der Waals surface area contributed by atoms with E-state index in [9.17, 15) is 9.59 Å². The fraction of sp³-hybridized carbons (Fsp3) is 0.529. The third-order valence-electron chi connectivity index (χ3n) is 4.11. The summed E-state index contributed by atoms with van der Waals surface area (Å²) < 4.78 is 10.0. The SMILES string of the molecule is COC(=O)[C@H](Cc1ccc(C)c(C)c1)NC(=O)[C@H]1CCOC1. The molecular formula is C17H23NO4. The maximum Gasteiger partial charge on any atom is 0.328 e. The third-order valence-corrected chi connectivity index (χ3v) is 4.11. The number of ether oxygens (including phenoxy) is 2. The molecule has 1 amide bonds. The summed E-state index contributed by atoms with van der Waals surface area (Å²) in [6.07, 6.45) is 1.12. The zero-order valence-electron chi connectivity index (χ0n) is 13.3. The van der Waals surface area contributed by atoms with Crippen LogP contribution in [0, 0.1) is 19.8 Å². The summed E-state index contributed by atoms with van der Waals surface area (Å²) >= 11 is 0. The van der Waals surface area contributed by atoms with Crippen molar-refractivity contribution < 1.29 is 19.1 Å². The van der Waals surface area contributed by atoms with Gasteiger partial charge >= 0.3 is 5.97 Å². The van der Waals surface area contributed by atoms with Crippen LogP contribution in [-0.4, -0.2) is 38.2 Å². The first-order valence-electron chi connectivity index (χ1n) is 7.53. The molecule has 22 heavy (non-hydrogen) atoms. The molecule has 0 aliphatic carbocycles. The van der Waals surface area contributed by atoms with Crippen LogP contribution in [0.1, 0.15) is 23.1 Å². The maximum absolute atomic E-state index is 12.2. The Bertz CT molecular complexity index is 550. The lowest BCUT2D eigenvalue weighted by molar-refractivity contribution is -0.145. The Morgan fingerprint density at radius 1 is 1.36 bits per heavy atom. The predicted molar refractivity (Wildman–Crippen MR) is 82.5 cm³/mol. The van der Waals surface area contributed by atoms with Gasteiger partial charge in [-0.15, -0.1) is 0 Å². The Labute approximate surface area is 131 Å². The van der Waals surface area contributed by atoms with Gasteiger partial charge in [0, 0.05) is 13.0 Å². The molecule has 1 aromatic rings. The summed E-state index contributed by atoms with van der Waals surface area (Å²) in [5.74, 6) is -0.742. The first kappa shape index (κ1) is 16.5. The van der Waals surface area contributed by atoms with E-state index < -0.39 is 12.0 Å². The van der Waals surface area contributed by atoms with Gasteiger partial charge < -0.3 is 14.8 Å². The van der Waals surface area contributed by atoms with Crippen molar-refractivity contribution in [1.82, 2.24) is 5.32 Å². The summed E-state index contributed by atoms with van der Waals surface area (Å²) in [7, 11) is 1.33. The minimum Gasteiger partial charge on any atom is -0.467 e. The molecule has 0 bridgehead atoms. The molecule has 120 valence electrons. The number of esters is 1. The van der Waals surface area contributed by atoms with E-state index in [0.29, 0.717) is 26.1 Å². The van der Waals surface area contributed by atoms with Crippen LogP contribution in [0.25, 0.3) is 0 Å². The highest BCUT2D eigenvalue weighted by Gasteiger charge is 2.28. The fourth-order valence-electron chi connectivity index (χ4n) is 2.53. The molecule has 1 aliphatic heterocycles. The lowest BCUT2D eigenvalue weighted by Crippen LogP contribution is -2.45. The zero-order chi connectivity index (χ0) is 16.1. The number of rotatable bonds is 5. The first-order valence-corrected chi connectivity index (χ1v) is 7.53. The third kappa shape index (κ3) is 4.07. The van der Waals surface area contributed by atoms with E-state index >= 15 is 0 Å². The van der Waals surface area contributed by atoms with Gasteiger partial charge in [0.15, 0.2) is 0 Å². The summed E-state index contributed by atoms with van der Waals surface area (Å²) in [4.78, 5) is 24.1. The lowest BCUT2D eigenvalue weighted by Gasteiger charge is -2.19. The largest absolute Gasteiger partial charge is 0.467 e. The number of methoxy groups -OCH3 is 1. The second-order valence-electron chi connectivity index (χ2n) is 5.77. The molecule has 0 radical (unpaired) electrons. The minimum absolute atomic E-state index is 0.142. The molecule has 2 atom stereocenters. The normalized spacial score (nSPS) is 18.8. The van der Waals surface area contributed by atoms with Gasteiger partial charge in [0.2, 0.25) is 5.91 Å². The van der Waals surface area contributed by atoms with Crippen LogP contribution in [0.2, 0.25) is 0 Å². The molecule has 5 nitrogen and oxygen atoms in total. The average Bonchev–Trinajstić information content (AvgIpc) is 3.03. The number of carbonyl (C=O) groups excluding carboxylic acids is 2. The van der Waals surface area contributed by atoms with Gasteiger partial charge in [0.1, 0.15) is 6.04 Å². The molecular weight excluding hydrogens is 282 g/mol. The molecule has 1 N–H and O–H groups in total. The standard InChI is InChI=1S/C17H23NO4/c1-11-4-5-13(8-12(11)2)9-15(17(20)21-3)18-16(19)14-6-7-22-10-14/h4-5,8,14-15H,6-7,9-10H2,1-3H3,(H,18,19)/t14-,15-/m0/s1. The van der Waals surface area contributed by atoms with Crippen molar-refractivity contribution >= 4 is 11.9 Å². The number of carbonyl (C=O) groups is 2. The van der Waals surface area contributed by atoms with Crippen molar-refractivity contribution in [3.8, 4) is 0 Å². The number of benzene rings is 1. The smallest absolute Gasteiger partial charge is 0.328 e. The van der Waals surface area contributed by atoms with Crippen molar-refractivity contribution in [2.24, 2.45) is 5.92 Å². The number of nitrogens with one attached hydrogen (secondary N) is 1. The van der Waals surface area contributed by atoms with Gasteiger partial charge in [-0.3, -0.25) is 4.79 Å². The number of aryl methyl sites for hydroxylation is 2. The molecule has 0 spiro atoms. The summed E-state index contributed by atoms with van der Waals surface area (Å²) in [5.41, 5.74) is 3.36. The van der Waals surface area contributed by atoms with E-state index in [1.165, 1.54) is 12.7 Å². The zero-order valence-corrected chi connectivity index (χ0v) is 13.3. The number of hydrogen-bond donors (Lipinski definition) is 1. The van der Waals surface area contributed by atoms with Crippen LogP contribution in [0.4, 0.5) is 0 Å². The van der Waals surface area contributed by atoms with Crippen LogP contribution in [0.5, 0.6) is 0 Å². The molecule has 0 aromatic heterocycles. The Balaban J connectivity index is 2.06. The van der Waals surface area contributed by atoms with Crippen molar-refractivity contribution in [1.29, 1.82) is 0 Å². The van der Waals surface area contributed by atoms with Gasteiger partial charge in [-0.2, -0.15) is 0 Å². The quantitative estimate of drug-likeness (QED) is 0.838. The van der Waals surface area contributed by atoms with Crippen LogP contribution in [-0.2, 0) is 25.5 Å². The Morgan fingerprint density at radius 2 is 2.14 bits per heavy atom. The van der Waals surface area contributed by atoms with E-state index in [2.05, 4.69) is 5.32 Å². The summed E-state index contributed by atoms with van der Waals surface area (Å²) in [6, 6.07) is 5.37. The highest BCUT2D eigenvalue weighted by atomic mass is 16.5.